The van der Waals surface area contributed by atoms with Crippen LogP contribution in [0.15, 0.2) is 12.1 Å². The second kappa shape index (κ2) is 3.16. The van der Waals surface area contributed by atoms with Crippen molar-refractivity contribution in [2.24, 2.45) is 0 Å². The molecular formula is C12H13N3O2. The van der Waals surface area contributed by atoms with E-state index in [1.807, 2.05) is 13.1 Å². The van der Waals surface area contributed by atoms with Gasteiger partial charge in [-0.05, 0) is 24.1 Å². The van der Waals surface area contributed by atoms with Gasteiger partial charge in [-0.3, -0.25) is 0 Å². The number of carbonyl (C=O) groups is 1. The molecule has 0 bridgehead atoms. The number of carboxylic acids is 1. The Balaban J connectivity index is 2.32. The molecule has 1 aromatic heterocycles. The van der Waals surface area contributed by atoms with Gasteiger partial charge in [0.25, 0.3) is 0 Å². The Morgan fingerprint density at radius 1 is 1.53 bits per heavy atom. The first kappa shape index (κ1) is 10.0. The molecule has 0 saturated carbocycles. The zero-order valence-electron chi connectivity index (χ0n) is 9.45. The van der Waals surface area contributed by atoms with Crippen LogP contribution >= 0.6 is 0 Å². The quantitative estimate of drug-likeness (QED) is 0.648. The van der Waals surface area contributed by atoms with Gasteiger partial charge in [-0.2, -0.15) is 0 Å². The van der Waals surface area contributed by atoms with E-state index in [4.69, 9.17) is 10.8 Å². The first-order valence-electron chi connectivity index (χ1n) is 5.46. The van der Waals surface area contributed by atoms with Crippen LogP contribution in [0, 0.1) is 0 Å². The number of hydrogen-bond donors (Lipinski definition) is 3. The van der Waals surface area contributed by atoms with Gasteiger partial charge in [-0.1, -0.05) is 0 Å². The molecule has 0 fully saturated rings. The monoisotopic (exact) mass is 231 g/mol. The first-order valence-corrected chi connectivity index (χ1v) is 5.46. The third kappa shape index (κ3) is 1.28. The zero-order chi connectivity index (χ0) is 12.2. The van der Waals surface area contributed by atoms with E-state index in [-0.39, 0.29) is 5.69 Å². The molecule has 0 aliphatic carbocycles. The zero-order valence-corrected chi connectivity index (χ0v) is 9.45. The maximum atomic E-state index is 10.9. The van der Waals surface area contributed by atoms with Gasteiger partial charge in [-0.15, -0.1) is 0 Å². The van der Waals surface area contributed by atoms with Gasteiger partial charge in [-0.25, -0.2) is 4.79 Å². The summed E-state index contributed by atoms with van der Waals surface area (Å²) in [4.78, 5) is 15.9. The van der Waals surface area contributed by atoms with E-state index in [1.165, 1.54) is 5.56 Å². The Bertz CT molecular complexity index is 630. The predicted molar refractivity (Wildman–Crippen MR) is 66.6 cm³/mol. The largest absolute Gasteiger partial charge is 0.477 e. The number of benzene rings is 1. The third-order valence-corrected chi connectivity index (χ3v) is 3.34. The van der Waals surface area contributed by atoms with Crippen molar-refractivity contribution in [2.45, 2.75) is 6.42 Å². The summed E-state index contributed by atoms with van der Waals surface area (Å²) in [6.45, 7) is 0.956. The number of fused-ring (bicyclic) bond motifs is 2. The van der Waals surface area contributed by atoms with Gasteiger partial charge < -0.3 is 20.7 Å². The van der Waals surface area contributed by atoms with Crippen molar-refractivity contribution in [2.75, 3.05) is 24.2 Å². The van der Waals surface area contributed by atoms with E-state index in [1.54, 1.807) is 6.07 Å². The van der Waals surface area contributed by atoms with E-state index >= 15 is 0 Å². The van der Waals surface area contributed by atoms with Gasteiger partial charge in [0.15, 0.2) is 0 Å². The highest BCUT2D eigenvalue weighted by Crippen LogP contribution is 2.38. The molecule has 88 valence electrons. The topological polar surface area (TPSA) is 82.4 Å². The highest BCUT2D eigenvalue weighted by atomic mass is 16.4. The minimum Gasteiger partial charge on any atom is -0.477 e. The molecule has 3 rings (SSSR count). The molecule has 2 heterocycles. The van der Waals surface area contributed by atoms with Crippen LogP contribution in [0.4, 0.5) is 11.4 Å². The van der Waals surface area contributed by atoms with Gasteiger partial charge in [0.1, 0.15) is 5.69 Å². The molecule has 0 amide bonds. The van der Waals surface area contributed by atoms with Gasteiger partial charge in [0.2, 0.25) is 0 Å². The minimum atomic E-state index is -0.964. The number of aromatic carboxylic acids is 1. The summed E-state index contributed by atoms with van der Waals surface area (Å²) in [5.74, 6) is -0.964. The number of likely N-dealkylation sites (N-methyl/N-ethyl adjacent to an activating group) is 1. The molecule has 2 aromatic rings. The summed E-state index contributed by atoms with van der Waals surface area (Å²) in [5.41, 5.74) is 9.86. The van der Waals surface area contributed by atoms with Crippen molar-refractivity contribution >= 4 is 28.2 Å². The van der Waals surface area contributed by atoms with Crippen molar-refractivity contribution in [3.8, 4) is 0 Å². The van der Waals surface area contributed by atoms with E-state index < -0.39 is 5.97 Å². The van der Waals surface area contributed by atoms with Crippen LogP contribution < -0.4 is 10.6 Å². The fourth-order valence-electron chi connectivity index (χ4n) is 2.51. The molecule has 1 aliphatic rings. The molecule has 5 nitrogen and oxygen atoms in total. The number of nitrogens with zero attached hydrogens (tertiary/aromatic N) is 1. The molecule has 0 spiro atoms. The highest BCUT2D eigenvalue weighted by molar-refractivity contribution is 6.03. The predicted octanol–water partition coefficient (Wildman–Crippen LogP) is 1.44. The summed E-state index contributed by atoms with van der Waals surface area (Å²) in [7, 11) is 2.00. The summed E-state index contributed by atoms with van der Waals surface area (Å²) in [5, 5.41) is 9.83. The Kier molecular flexibility index (Phi) is 1.86. The Labute approximate surface area is 97.8 Å². The standard InChI is InChI=1S/C12H13N3O2/c1-15-3-2-6-4-7-5-8(12(16)17)14-10(7)9(13)11(6)15/h4-5,14H,2-3,13H2,1H3,(H,16,17). The number of carboxylic acid groups (broad SMARTS) is 1. The van der Waals surface area contributed by atoms with E-state index in [0.717, 1.165) is 29.6 Å². The van der Waals surface area contributed by atoms with Gasteiger partial charge in [0.05, 0.1) is 16.9 Å². The van der Waals surface area contributed by atoms with Crippen LogP contribution in [0.5, 0.6) is 0 Å². The molecule has 0 atom stereocenters. The average molecular weight is 231 g/mol. The lowest BCUT2D eigenvalue weighted by Gasteiger charge is -2.14. The molecular weight excluding hydrogens is 218 g/mol. The average Bonchev–Trinajstić information content (AvgIpc) is 2.83. The Morgan fingerprint density at radius 3 is 3.00 bits per heavy atom. The van der Waals surface area contributed by atoms with Crippen LogP contribution in [0.2, 0.25) is 0 Å². The number of hydrogen-bond acceptors (Lipinski definition) is 3. The molecule has 17 heavy (non-hydrogen) atoms. The summed E-state index contributed by atoms with van der Waals surface area (Å²) >= 11 is 0. The lowest BCUT2D eigenvalue weighted by Crippen LogP contribution is -2.14. The number of aromatic amines is 1. The highest BCUT2D eigenvalue weighted by Gasteiger charge is 2.22. The van der Waals surface area contributed by atoms with Crippen molar-refractivity contribution in [1.82, 2.24) is 4.98 Å². The van der Waals surface area contributed by atoms with Crippen molar-refractivity contribution in [3.63, 3.8) is 0 Å². The number of H-pyrrole nitrogens is 1. The summed E-state index contributed by atoms with van der Waals surface area (Å²) in [6, 6.07) is 3.65. The van der Waals surface area contributed by atoms with Crippen LogP contribution in [0.3, 0.4) is 0 Å². The van der Waals surface area contributed by atoms with E-state index in [2.05, 4.69) is 9.88 Å². The Hall–Kier alpha value is -2.17. The second-order valence-electron chi connectivity index (χ2n) is 4.42. The maximum Gasteiger partial charge on any atom is 0.352 e. The molecule has 0 radical (unpaired) electrons. The number of aromatic nitrogens is 1. The molecule has 5 heteroatoms. The van der Waals surface area contributed by atoms with Crippen LogP contribution in [-0.4, -0.2) is 29.7 Å². The normalized spacial score (nSPS) is 14.3. The Morgan fingerprint density at radius 2 is 2.29 bits per heavy atom. The van der Waals surface area contributed by atoms with E-state index in [9.17, 15) is 4.79 Å². The van der Waals surface area contributed by atoms with Gasteiger partial charge >= 0.3 is 5.97 Å². The number of nitrogens with one attached hydrogen (secondary N) is 1. The number of nitrogen functional groups attached to an aromatic ring is 1. The lowest BCUT2D eigenvalue weighted by atomic mass is 10.1. The molecule has 1 aromatic carbocycles. The van der Waals surface area contributed by atoms with Gasteiger partial charge in [0, 0.05) is 19.0 Å². The van der Waals surface area contributed by atoms with Crippen LogP contribution in [-0.2, 0) is 6.42 Å². The number of rotatable bonds is 1. The maximum absolute atomic E-state index is 10.9. The van der Waals surface area contributed by atoms with Crippen molar-refractivity contribution in [3.05, 3.63) is 23.4 Å². The summed E-state index contributed by atoms with van der Waals surface area (Å²) < 4.78 is 0. The van der Waals surface area contributed by atoms with Crippen LogP contribution in [0.25, 0.3) is 10.9 Å². The second-order valence-corrected chi connectivity index (χ2v) is 4.42. The fourth-order valence-corrected chi connectivity index (χ4v) is 2.51. The SMILES string of the molecule is CN1CCc2cc3cc(C(=O)O)[nH]c3c(N)c21. The molecule has 4 N–H and O–H groups in total. The molecule has 0 saturated heterocycles. The van der Waals surface area contributed by atoms with Crippen LogP contribution in [0.1, 0.15) is 16.1 Å². The number of nitrogens with two attached hydrogens (primary N) is 1. The molecule has 0 unspecified atom stereocenters. The number of anilines is 2. The minimum absolute atomic E-state index is 0.179. The lowest BCUT2D eigenvalue weighted by molar-refractivity contribution is 0.0691. The molecule has 1 aliphatic heterocycles. The smallest absolute Gasteiger partial charge is 0.352 e. The van der Waals surface area contributed by atoms with Crippen molar-refractivity contribution < 1.29 is 9.90 Å². The van der Waals surface area contributed by atoms with Crippen molar-refractivity contribution in [1.29, 1.82) is 0 Å². The summed E-state index contributed by atoms with van der Waals surface area (Å²) in [6.07, 6.45) is 0.958. The first-order chi connectivity index (χ1) is 8.08. The third-order valence-electron chi connectivity index (χ3n) is 3.34. The van der Waals surface area contributed by atoms with E-state index in [0.29, 0.717) is 5.69 Å². The fraction of sp³-hybridized carbons (Fsp3) is 0.250.